The summed E-state index contributed by atoms with van der Waals surface area (Å²) >= 11 is 1.85. The Balaban J connectivity index is 2.07. The van der Waals surface area contributed by atoms with E-state index in [2.05, 4.69) is 10.1 Å². The molecule has 0 bridgehead atoms. The Morgan fingerprint density at radius 2 is 2.62 bits per heavy atom. The molecule has 0 amide bonds. The predicted octanol–water partition coefficient (Wildman–Crippen LogP) is 1.38. The number of hydrogen-bond acceptors (Lipinski definition) is 5. The van der Waals surface area contributed by atoms with Crippen LogP contribution in [-0.2, 0) is 11.2 Å². The standard InChI is InChI=1S/C8H10N2O2S/c11-4-3-7-9-8(10-12-7)6-2-1-5-13-6/h4,6H,1-3,5H2. The number of aldehydes is 1. The van der Waals surface area contributed by atoms with E-state index in [-0.39, 0.29) is 6.42 Å². The third kappa shape index (κ3) is 1.91. The molecule has 13 heavy (non-hydrogen) atoms. The molecule has 0 saturated carbocycles. The first-order valence-electron chi connectivity index (χ1n) is 4.28. The second-order valence-electron chi connectivity index (χ2n) is 2.92. The Kier molecular flexibility index (Phi) is 2.63. The van der Waals surface area contributed by atoms with Crippen LogP contribution in [0.5, 0.6) is 0 Å². The highest BCUT2D eigenvalue weighted by molar-refractivity contribution is 7.99. The number of carbonyl (C=O) groups excluding carboxylic acids is 1. The maximum atomic E-state index is 10.2. The molecule has 1 atom stereocenters. The summed E-state index contributed by atoms with van der Waals surface area (Å²) < 4.78 is 4.91. The molecule has 2 rings (SSSR count). The van der Waals surface area contributed by atoms with Crippen molar-refractivity contribution in [3.8, 4) is 0 Å². The lowest BCUT2D eigenvalue weighted by atomic mass is 10.2. The maximum Gasteiger partial charge on any atom is 0.233 e. The molecular weight excluding hydrogens is 188 g/mol. The monoisotopic (exact) mass is 198 g/mol. The summed E-state index contributed by atoms with van der Waals surface area (Å²) in [5.41, 5.74) is 0. The van der Waals surface area contributed by atoms with Crippen molar-refractivity contribution in [1.82, 2.24) is 10.1 Å². The number of nitrogens with zero attached hydrogens (tertiary/aromatic N) is 2. The third-order valence-corrected chi connectivity index (χ3v) is 3.33. The summed E-state index contributed by atoms with van der Waals surface area (Å²) in [4.78, 5) is 14.3. The zero-order valence-corrected chi connectivity index (χ0v) is 7.92. The fourth-order valence-corrected chi connectivity index (χ4v) is 2.53. The minimum Gasteiger partial charge on any atom is -0.339 e. The van der Waals surface area contributed by atoms with Crippen LogP contribution in [0.15, 0.2) is 4.52 Å². The number of carbonyl (C=O) groups is 1. The second kappa shape index (κ2) is 3.91. The lowest BCUT2D eigenvalue weighted by Crippen LogP contribution is -1.92. The van der Waals surface area contributed by atoms with Gasteiger partial charge in [-0.15, -0.1) is 0 Å². The number of hydrogen-bond donors (Lipinski definition) is 0. The highest BCUT2D eigenvalue weighted by atomic mass is 32.2. The lowest BCUT2D eigenvalue weighted by Gasteiger charge is -1.98. The smallest absolute Gasteiger partial charge is 0.233 e. The second-order valence-corrected chi connectivity index (χ2v) is 4.23. The van der Waals surface area contributed by atoms with Gasteiger partial charge in [0.05, 0.1) is 11.7 Å². The van der Waals surface area contributed by atoms with Crippen LogP contribution in [0.3, 0.4) is 0 Å². The molecule has 1 aliphatic rings. The van der Waals surface area contributed by atoms with Crippen LogP contribution in [0.2, 0.25) is 0 Å². The van der Waals surface area contributed by atoms with E-state index in [1.165, 1.54) is 12.2 Å². The predicted molar refractivity (Wildman–Crippen MR) is 48.5 cm³/mol. The molecule has 5 heteroatoms. The largest absolute Gasteiger partial charge is 0.339 e. The van der Waals surface area contributed by atoms with Gasteiger partial charge in [-0.3, -0.25) is 0 Å². The quantitative estimate of drug-likeness (QED) is 0.687. The van der Waals surface area contributed by atoms with Crippen LogP contribution in [0, 0.1) is 0 Å². The Bertz CT molecular complexity index is 294. The highest BCUT2D eigenvalue weighted by Crippen LogP contribution is 2.38. The van der Waals surface area contributed by atoms with Crippen LogP contribution in [0.1, 0.15) is 29.8 Å². The molecule has 1 saturated heterocycles. The van der Waals surface area contributed by atoms with Gasteiger partial charge in [-0.25, -0.2) is 0 Å². The van der Waals surface area contributed by atoms with Crippen molar-refractivity contribution in [2.75, 3.05) is 5.75 Å². The van der Waals surface area contributed by atoms with Gasteiger partial charge in [0.25, 0.3) is 0 Å². The van der Waals surface area contributed by atoms with Crippen LogP contribution in [0.25, 0.3) is 0 Å². The van der Waals surface area contributed by atoms with Crippen molar-refractivity contribution in [2.45, 2.75) is 24.5 Å². The normalized spacial score (nSPS) is 22.0. The van der Waals surface area contributed by atoms with Gasteiger partial charge in [-0.1, -0.05) is 5.16 Å². The fraction of sp³-hybridized carbons (Fsp3) is 0.625. The van der Waals surface area contributed by atoms with Gasteiger partial charge in [0.1, 0.15) is 6.29 Å². The van der Waals surface area contributed by atoms with E-state index < -0.39 is 0 Å². The van der Waals surface area contributed by atoms with E-state index in [1.807, 2.05) is 11.8 Å². The maximum absolute atomic E-state index is 10.2. The number of aromatic nitrogens is 2. The zero-order valence-electron chi connectivity index (χ0n) is 7.10. The van der Waals surface area contributed by atoms with Crippen molar-refractivity contribution in [1.29, 1.82) is 0 Å². The first-order valence-corrected chi connectivity index (χ1v) is 5.33. The fourth-order valence-electron chi connectivity index (χ4n) is 1.33. The van der Waals surface area contributed by atoms with Crippen molar-refractivity contribution in [2.24, 2.45) is 0 Å². The highest BCUT2D eigenvalue weighted by Gasteiger charge is 2.22. The summed E-state index contributed by atoms with van der Waals surface area (Å²) in [5.74, 6) is 2.35. The van der Waals surface area contributed by atoms with E-state index in [9.17, 15) is 4.79 Å². The van der Waals surface area contributed by atoms with Gasteiger partial charge >= 0.3 is 0 Å². The molecule has 0 N–H and O–H groups in total. The topological polar surface area (TPSA) is 56.0 Å². The van der Waals surface area contributed by atoms with E-state index in [4.69, 9.17) is 4.52 Å². The Hall–Kier alpha value is -0.840. The summed E-state index contributed by atoms with van der Waals surface area (Å²) in [7, 11) is 0. The molecule has 1 unspecified atom stereocenters. The van der Waals surface area contributed by atoms with E-state index in [0.29, 0.717) is 11.1 Å². The van der Waals surface area contributed by atoms with Gasteiger partial charge in [0, 0.05) is 0 Å². The molecule has 0 aliphatic carbocycles. The van der Waals surface area contributed by atoms with Gasteiger partial charge < -0.3 is 9.32 Å². The molecule has 1 aromatic heterocycles. The van der Waals surface area contributed by atoms with Gasteiger partial charge in [-0.2, -0.15) is 16.7 Å². The average molecular weight is 198 g/mol. The van der Waals surface area contributed by atoms with Gasteiger partial charge in [-0.05, 0) is 18.6 Å². The minimum absolute atomic E-state index is 0.227. The zero-order chi connectivity index (χ0) is 9.10. The van der Waals surface area contributed by atoms with Crippen molar-refractivity contribution < 1.29 is 9.32 Å². The molecule has 4 nitrogen and oxygen atoms in total. The van der Waals surface area contributed by atoms with Gasteiger partial charge in [0.2, 0.25) is 5.89 Å². The summed E-state index contributed by atoms with van der Waals surface area (Å²) in [6.45, 7) is 0. The average Bonchev–Trinajstić information content (AvgIpc) is 2.70. The Labute approximate surface area is 80.1 Å². The van der Waals surface area contributed by atoms with Crippen LogP contribution in [-0.4, -0.2) is 22.2 Å². The van der Waals surface area contributed by atoms with Crippen molar-refractivity contribution in [3.05, 3.63) is 11.7 Å². The number of rotatable bonds is 3. The van der Waals surface area contributed by atoms with E-state index in [1.54, 1.807) is 0 Å². The van der Waals surface area contributed by atoms with Crippen molar-refractivity contribution in [3.63, 3.8) is 0 Å². The number of thioether (sulfide) groups is 1. The van der Waals surface area contributed by atoms with Crippen LogP contribution in [0.4, 0.5) is 0 Å². The lowest BCUT2D eigenvalue weighted by molar-refractivity contribution is -0.107. The van der Waals surface area contributed by atoms with E-state index in [0.717, 1.165) is 18.5 Å². The summed E-state index contributed by atoms with van der Waals surface area (Å²) in [6, 6.07) is 0. The van der Waals surface area contributed by atoms with E-state index >= 15 is 0 Å². The van der Waals surface area contributed by atoms with Crippen molar-refractivity contribution >= 4 is 18.0 Å². The SMILES string of the molecule is O=CCc1nc(C2CCCS2)no1. The molecule has 1 aromatic rings. The van der Waals surface area contributed by atoms with Crippen LogP contribution < -0.4 is 0 Å². The molecule has 1 aliphatic heterocycles. The summed E-state index contributed by atoms with van der Waals surface area (Å²) in [5, 5.41) is 4.23. The Morgan fingerprint density at radius 1 is 1.69 bits per heavy atom. The Morgan fingerprint density at radius 3 is 3.31 bits per heavy atom. The molecule has 70 valence electrons. The first-order chi connectivity index (χ1) is 6.40. The van der Waals surface area contributed by atoms with Gasteiger partial charge in [0.15, 0.2) is 5.82 Å². The first kappa shape index (κ1) is 8.74. The molecule has 0 aromatic carbocycles. The molecule has 0 spiro atoms. The molecule has 0 radical (unpaired) electrons. The molecule has 1 fully saturated rings. The summed E-state index contributed by atoms with van der Waals surface area (Å²) in [6.07, 6.45) is 3.33. The minimum atomic E-state index is 0.227. The third-order valence-electron chi connectivity index (χ3n) is 1.96. The van der Waals surface area contributed by atoms with Crippen LogP contribution >= 0.6 is 11.8 Å². The molecular formula is C8H10N2O2S. The molecule has 2 heterocycles.